The number of hydrogen-bond acceptors (Lipinski definition) is 5. The van der Waals surface area contributed by atoms with Gasteiger partial charge in [-0.2, -0.15) is 26.3 Å². The summed E-state index contributed by atoms with van der Waals surface area (Å²) >= 11 is 1.05. The highest BCUT2D eigenvalue weighted by Crippen LogP contribution is 2.33. The maximum Gasteiger partial charge on any atom is 0.416 e. The van der Waals surface area contributed by atoms with Crippen molar-refractivity contribution in [1.29, 1.82) is 0 Å². The van der Waals surface area contributed by atoms with Crippen molar-refractivity contribution < 1.29 is 35.9 Å². The number of rotatable bonds is 8. The molecule has 3 aromatic carbocycles. The van der Waals surface area contributed by atoms with E-state index in [0.29, 0.717) is 16.9 Å². The lowest BCUT2D eigenvalue weighted by molar-refractivity contribution is -0.138. The van der Waals surface area contributed by atoms with Crippen LogP contribution in [0, 0.1) is 0 Å². The van der Waals surface area contributed by atoms with Crippen LogP contribution in [-0.2, 0) is 24.7 Å². The first-order chi connectivity index (χ1) is 18.5. The molecule has 1 aromatic heterocycles. The molecule has 0 aliphatic carbocycles. The van der Waals surface area contributed by atoms with Gasteiger partial charge in [-0.25, -0.2) is 0 Å². The quantitative estimate of drug-likeness (QED) is 0.194. The van der Waals surface area contributed by atoms with Gasteiger partial charge in [0.1, 0.15) is 5.75 Å². The zero-order chi connectivity index (χ0) is 28.2. The number of carbonyl (C=O) groups excluding carboxylic acids is 1. The zero-order valence-corrected chi connectivity index (χ0v) is 21.0. The minimum absolute atomic E-state index is 0.0842. The second-order valence-electron chi connectivity index (χ2n) is 8.18. The highest BCUT2D eigenvalue weighted by atomic mass is 32.2. The molecule has 4 rings (SSSR count). The first-order valence-electron chi connectivity index (χ1n) is 11.3. The number of thioether (sulfide) groups is 1. The van der Waals surface area contributed by atoms with Gasteiger partial charge in [-0.15, -0.1) is 10.2 Å². The number of benzene rings is 3. The molecule has 0 saturated heterocycles. The van der Waals surface area contributed by atoms with Crippen molar-refractivity contribution in [3.05, 3.63) is 101 Å². The van der Waals surface area contributed by atoms with E-state index in [9.17, 15) is 31.1 Å². The van der Waals surface area contributed by atoms with Crippen LogP contribution in [0.2, 0.25) is 0 Å². The largest absolute Gasteiger partial charge is 0.497 e. The Balaban J connectivity index is 1.59. The van der Waals surface area contributed by atoms with Crippen LogP contribution in [0.1, 0.15) is 32.9 Å². The van der Waals surface area contributed by atoms with Crippen LogP contribution < -0.4 is 10.1 Å². The standard InChI is InChI=1S/C26H20F6N4O2S/c1-38-21-11-5-17(6-12-21)23(37)33-14-22-34-35-24(36(22)20-9-7-18(8-10-20)25(27,28)29)39-15-16-3-2-4-19(13-16)26(30,31)32/h2-13H,14-15H2,1H3,(H,33,37). The fraction of sp³-hybridized carbons (Fsp3) is 0.192. The minimum atomic E-state index is -4.54. The fourth-order valence-corrected chi connectivity index (χ4v) is 4.47. The van der Waals surface area contributed by atoms with Crippen molar-refractivity contribution in [1.82, 2.24) is 20.1 Å². The molecule has 39 heavy (non-hydrogen) atoms. The van der Waals surface area contributed by atoms with E-state index in [4.69, 9.17) is 4.74 Å². The average Bonchev–Trinajstić information content (AvgIpc) is 3.32. The van der Waals surface area contributed by atoms with Crippen molar-refractivity contribution >= 4 is 17.7 Å². The van der Waals surface area contributed by atoms with Gasteiger partial charge in [-0.05, 0) is 60.2 Å². The Hall–Kier alpha value is -4.00. The Morgan fingerprint density at radius 2 is 1.56 bits per heavy atom. The summed E-state index contributed by atoms with van der Waals surface area (Å²) in [6, 6.07) is 15.4. The Morgan fingerprint density at radius 3 is 2.18 bits per heavy atom. The number of carbonyl (C=O) groups is 1. The molecular weight excluding hydrogens is 546 g/mol. The SMILES string of the molecule is COc1ccc(C(=O)NCc2nnc(SCc3cccc(C(F)(F)F)c3)n2-c2ccc(C(F)(F)F)cc2)cc1. The monoisotopic (exact) mass is 566 g/mol. The smallest absolute Gasteiger partial charge is 0.416 e. The predicted molar refractivity (Wildman–Crippen MR) is 132 cm³/mol. The molecular formula is C26H20F6N4O2S. The van der Waals surface area contributed by atoms with Crippen LogP contribution >= 0.6 is 11.8 Å². The van der Waals surface area contributed by atoms with Crippen LogP contribution in [0.5, 0.6) is 5.75 Å². The number of nitrogens with one attached hydrogen (secondary N) is 1. The fourth-order valence-electron chi connectivity index (χ4n) is 3.56. The van der Waals surface area contributed by atoms with Crippen LogP contribution in [0.15, 0.2) is 78.0 Å². The molecule has 204 valence electrons. The Morgan fingerprint density at radius 1 is 0.897 bits per heavy atom. The summed E-state index contributed by atoms with van der Waals surface area (Å²) in [4.78, 5) is 12.6. The van der Waals surface area contributed by atoms with E-state index in [1.54, 1.807) is 24.3 Å². The van der Waals surface area contributed by atoms with E-state index in [2.05, 4.69) is 15.5 Å². The van der Waals surface area contributed by atoms with Crippen LogP contribution in [-0.4, -0.2) is 27.8 Å². The molecule has 13 heteroatoms. The first-order valence-corrected chi connectivity index (χ1v) is 12.3. The molecule has 0 unspecified atom stereocenters. The van der Waals surface area contributed by atoms with Gasteiger partial charge in [-0.1, -0.05) is 30.0 Å². The van der Waals surface area contributed by atoms with Crippen molar-refractivity contribution in [2.75, 3.05) is 7.11 Å². The Bertz CT molecular complexity index is 1430. The summed E-state index contributed by atoms with van der Waals surface area (Å²) in [6.07, 6.45) is -9.04. The molecule has 4 aromatic rings. The predicted octanol–water partition coefficient (Wildman–Crippen LogP) is 6.54. The van der Waals surface area contributed by atoms with E-state index in [0.717, 1.165) is 36.0 Å². The summed E-state index contributed by atoms with van der Waals surface area (Å²) in [7, 11) is 1.49. The van der Waals surface area contributed by atoms with Gasteiger partial charge in [0, 0.05) is 17.0 Å². The number of halogens is 6. The third-order valence-electron chi connectivity index (χ3n) is 5.53. The van der Waals surface area contributed by atoms with Crippen LogP contribution in [0.25, 0.3) is 5.69 Å². The zero-order valence-electron chi connectivity index (χ0n) is 20.2. The topological polar surface area (TPSA) is 69.0 Å². The van der Waals surface area contributed by atoms with Crippen molar-refractivity contribution in [2.24, 2.45) is 0 Å². The molecule has 0 bridgehead atoms. The van der Waals surface area contributed by atoms with E-state index >= 15 is 0 Å². The highest BCUT2D eigenvalue weighted by Gasteiger charge is 2.31. The molecule has 0 radical (unpaired) electrons. The van der Waals surface area contributed by atoms with Crippen molar-refractivity contribution in [3.63, 3.8) is 0 Å². The molecule has 1 amide bonds. The van der Waals surface area contributed by atoms with Crippen molar-refractivity contribution in [3.8, 4) is 11.4 Å². The number of aromatic nitrogens is 3. The highest BCUT2D eigenvalue weighted by molar-refractivity contribution is 7.98. The van der Waals surface area contributed by atoms with Gasteiger partial charge in [-0.3, -0.25) is 9.36 Å². The molecule has 0 spiro atoms. The van der Waals surface area contributed by atoms with E-state index in [1.165, 1.54) is 35.9 Å². The molecule has 1 heterocycles. The first kappa shape index (κ1) is 28.0. The lowest BCUT2D eigenvalue weighted by Gasteiger charge is -2.13. The molecule has 0 aliphatic rings. The van der Waals surface area contributed by atoms with E-state index < -0.39 is 29.4 Å². The third kappa shape index (κ3) is 6.91. The van der Waals surface area contributed by atoms with Gasteiger partial charge >= 0.3 is 12.4 Å². The average molecular weight is 567 g/mol. The third-order valence-corrected chi connectivity index (χ3v) is 6.53. The number of hydrogen-bond donors (Lipinski definition) is 1. The molecule has 6 nitrogen and oxygen atoms in total. The van der Waals surface area contributed by atoms with E-state index in [1.807, 2.05) is 0 Å². The van der Waals surface area contributed by atoms with Crippen molar-refractivity contribution in [2.45, 2.75) is 29.8 Å². The van der Waals surface area contributed by atoms with Crippen LogP contribution in [0.4, 0.5) is 26.3 Å². The minimum Gasteiger partial charge on any atom is -0.497 e. The summed E-state index contributed by atoms with van der Waals surface area (Å²) in [5, 5.41) is 11.1. The van der Waals surface area contributed by atoms with Gasteiger partial charge < -0.3 is 10.1 Å². The van der Waals surface area contributed by atoms with Gasteiger partial charge in [0.25, 0.3) is 5.91 Å². The second-order valence-corrected chi connectivity index (χ2v) is 9.12. The van der Waals surface area contributed by atoms with Gasteiger partial charge in [0.2, 0.25) is 0 Å². The van der Waals surface area contributed by atoms with E-state index in [-0.39, 0.29) is 29.0 Å². The molecule has 0 atom stereocenters. The Kier molecular flexibility index (Phi) is 8.19. The molecule has 0 aliphatic heterocycles. The maximum atomic E-state index is 13.1. The normalized spacial score (nSPS) is 11.9. The number of alkyl halides is 6. The second kappa shape index (κ2) is 11.4. The molecule has 0 fully saturated rings. The number of amides is 1. The molecule has 0 saturated carbocycles. The summed E-state index contributed by atoms with van der Waals surface area (Å²) in [5.41, 5.74) is -0.659. The number of methoxy groups -OCH3 is 1. The maximum absolute atomic E-state index is 13.1. The number of ether oxygens (including phenoxy) is 1. The van der Waals surface area contributed by atoms with Gasteiger partial charge in [0.05, 0.1) is 24.8 Å². The van der Waals surface area contributed by atoms with Gasteiger partial charge in [0.15, 0.2) is 11.0 Å². The lowest BCUT2D eigenvalue weighted by Crippen LogP contribution is -2.24. The van der Waals surface area contributed by atoms with Crippen LogP contribution in [0.3, 0.4) is 0 Å². The summed E-state index contributed by atoms with van der Waals surface area (Å²) in [6.45, 7) is -0.122. The lowest BCUT2D eigenvalue weighted by atomic mass is 10.1. The summed E-state index contributed by atoms with van der Waals surface area (Å²) < 4.78 is 85.1. The molecule has 1 N–H and O–H groups in total. The summed E-state index contributed by atoms with van der Waals surface area (Å²) in [5.74, 6) is 0.429. The number of nitrogens with zero attached hydrogens (tertiary/aromatic N) is 3. The Labute approximate surface area is 223 Å².